The molecule has 102 valence electrons. The van der Waals surface area contributed by atoms with Crippen molar-refractivity contribution in [3.63, 3.8) is 0 Å². The summed E-state index contributed by atoms with van der Waals surface area (Å²) in [5.74, 6) is 0.356. The fourth-order valence-electron chi connectivity index (χ4n) is 1.65. The summed E-state index contributed by atoms with van der Waals surface area (Å²) < 4.78 is 28.9. The minimum Gasteiger partial charge on any atom is -0.496 e. The second kappa shape index (κ2) is 8.02. The van der Waals surface area contributed by atoms with Crippen LogP contribution in [0.2, 0.25) is 0 Å². The van der Waals surface area contributed by atoms with Crippen LogP contribution in [-0.2, 0) is 9.47 Å². The molecule has 1 rings (SSSR count). The lowest BCUT2D eigenvalue weighted by atomic mass is 10.1. The Labute approximate surface area is 107 Å². The molecule has 18 heavy (non-hydrogen) atoms. The van der Waals surface area contributed by atoms with Crippen molar-refractivity contribution in [2.45, 2.75) is 6.04 Å². The van der Waals surface area contributed by atoms with Crippen LogP contribution < -0.4 is 10.1 Å². The molecule has 1 aromatic carbocycles. The van der Waals surface area contributed by atoms with E-state index in [1.54, 1.807) is 27.3 Å². The number of likely N-dealkylation sites (N-methyl/N-ethyl adjacent to an activating group) is 1. The topological polar surface area (TPSA) is 39.7 Å². The van der Waals surface area contributed by atoms with Crippen molar-refractivity contribution in [1.82, 2.24) is 5.32 Å². The van der Waals surface area contributed by atoms with Gasteiger partial charge in [-0.25, -0.2) is 4.39 Å². The second-order valence-corrected chi connectivity index (χ2v) is 3.80. The summed E-state index contributed by atoms with van der Waals surface area (Å²) in [6.07, 6.45) is 0. The van der Waals surface area contributed by atoms with Gasteiger partial charge in [0.2, 0.25) is 0 Å². The van der Waals surface area contributed by atoms with E-state index in [1.165, 1.54) is 12.1 Å². The monoisotopic (exact) mass is 257 g/mol. The molecular weight excluding hydrogens is 237 g/mol. The average Bonchev–Trinajstić information content (AvgIpc) is 2.39. The van der Waals surface area contributed by atoms with E-state index in [9.17, 15) is 4.39 Å². The van der Waals surface area contributed by atoms with E-state index in [-0.39, 0.29) is 11.9 Å². The van der Waals surface area contributed by atoms with Gasteiger partial charge in [-0.05, 0) is 25.2 Å². The molecule has 0 heterocycles. The number of benzene rings is 1. The van der Waals surface area contributed by atoms with Crippen molar-refractivity contribution < 1.29 is 18.6 Å². The number of ether oxygens (including phenoxy) is 3. The maximum Gasteiger partial charge on any atom is 0.123 e. The number of methoxy groups -OCH3 is 2. The number of hydrogen-bond acceptors (Lipinski definition) is 4. The number of rotatable bonds is 8. The second-order valence-electron chi connectivity index (χ2n) is 3.80. The van der Waals surface area contributed by atoms with Gasteiger partial charge in [-0.2, -0.15) is 0 Å². The van der Waals surface area contributed by atoms with Crippen molar-refractivity contribution in [3.8, 4) is 5.75 Å². The van der Waals surface area contributed by atoms with E-state index < -0.39 is 0 Å². The normalized spacial score (nSPS) is 12.4. The summed E-state index contributed by atoms with van der Waals surface area (Å²) in [5, 5.41) is 3.08. The number of nitrogens with one attached hydrogen (secondary N) is 1. The van der Waals surface area contributed by atoms with Crippen molar-refractivity contribution >= 4 is 0 Å². The fraction of sp³-hybridized carbons (Fsp3) is 0.538. The van der Waals surface area contributed by atoms with Gasteiger partial charge in [0.05, 0.1) is 33.0 Å². The first-order chi connectivity index (χ1) is 8.72. The van der Waals surface area contributed by atoms with Gasteiger partial charge in [-0.3, -0.25) is 0 Å². The molecule has 0 aliphatic rings. The molecule has 0 amide bonds. The Morgan fingerprint density at radius 1 is 1.28 bits per heavy atom. The maximum absolute atomic E-state index is 13.3. The third-order valence-electron chi connectivity index (χ3n) is 2.63. The third-order valence-corrected chi connectivity index (χ3v) is 2.63. The minimum atomic E-state index is -0.289. The number of hydrogen-bond donors (Lipinski definition) is 1. The highest BCUT2D eigenvalue weighted by molar-refractivity contribution is 5.36. The lowest BCUT2D eigenvalue weighted by Crippen LogP contribution is -2.23. The molecule has 0 radical (unpaired) electrons. The first kappa shape index (κ1) is 14.9. The van der Waals surface area contributed by atoms with E-state index in [0.717, 1.165) is 5.56 Å². The standard InChI is InChI=1S/C13H20FNO3/c1-15-12(9-18-7-6-16-2)11-8-10(14)4-5-13(11)17-3/h4-5,8,12,15H,6-7,9H2,1-3H3. The zero-order valence-corrected chi connectivity index (χ0v) is 11.0. The molecule has 0 saturated carbocycles. The third kappa shape index (κ3) is 4.25. The summed E-state index contributed by atoms with van der Waals surface area (Å²) in [6, 6.07) is 4.33. The van der Waals surface area contributed by atoms with Gasteiger partial charge in [-0.1, -0.05) is 0 Å². The van der Waals surface area contributed by atoms with E-state index in [4.69, 9.17) is 14.2 Å². The van der Waals surface area contributed by atoms with E-state index >= 15 is 0 Å². The molecule has 0 aliphatic carbocycles. The molecule has 1 atom stereocenters. The van der Waals surface area contributed by atoms with Crippen LogP contribution in [0.3, 0.4) is 0 Å². The molecular formula is C13H20FNO3. The maximum atomic E-state index is 13.3. The first-order valence-corrected chi connectivity index (χ1v) is 5.80. The van der Waals surface area contributed by atoms with Crippen molar-refractivity contribution in [3.05, 3.63) is 29.6 Å². The van der Waals surface area contributed by atoms with Gasteiger partial charge in [-0.15, -0.1) is 0 Å². The number of halogens is 1. The van der Waals surface area contributed by atoms with Crippen molar-refractivity contribution in [1.29, 1.82) is 0 Å². The fourth-order valence-corrected chi connectivity index (χ4v) is 1.65. The molecule has 4 nitrogen and oxygen atoms in total. The Balaban J connectivity index is 2.71. The van der Waals surface area contributed by atoms with Crippen LogP contribution in [0.1, 0.15) is 11.6 Å². The van der Waals surface area contributed by atoms with Crippen LogP contribution in [-0.4, -0.2) is 41.1 Å². The van der Waals surface area contributed by atoms with Gasteiger partial charge >= 0.3 is 0 Å². The van der Waals surface area contributed by atoms with Crippen LogP contribution in [0.15, 0.2) is 18.2 Å². The Morgan fingerprint density at radius 2 is 2.06 bits per heavy atom. The van der Waals surface area contributed by atoms with E-state index in [2.05, 4.69) is 5.32 Å². The molecule has 5 heteroatoms. The lowest BCUT2D eigenvalue weighted by Gasteiger charge is -2.19. The Hall–Kier alpha value is -1.17. The highest BCUT2D eigenvalue weighted by Gasteiger charge is 2.15. The summed E-state index contributed by atoms with van der Waals surface area (Å²) >= 11 is 0. The molecule has 0 fully saturated rings. The minimum absolute atomic E-state index is 0.118. The van der Waals surface area contributed by atoms with Crippen LogP contribution in [0.5, 0.6) is 5.75 Å². The summed E-state index contributed by atoms with van der Waals surface area (Å²) in [4.78, 5) is 0. The molecule has 0 aromatic heterocycles. The van der Waals surface area contributed by atoms with Crippen LogP contribution in [0, 0.1) is 5.82 Å². The smallest absolute Gasteiger partial charge is 0.123 e. The largest absolute Gasteiger partial charge is 0.496 e. The quantitative estimate of drug-likeness (QED) is 0.720. The Morgan fingerprint density at radius 3 is 2.67 bits per heavy atom. The van der Waals surface area contributed by atoms with Gasteiger partial charge < -0.3 is 19.5 Å². The van der Waals surface area contributed by atoms with E-state index in [0.29, 0.717) is 25.6 Å². The Kier molecular flexibility index (Phi) is 6.64. The molecule has 0 aliphatic heterocycles. The van der Waals surface area contributed by atoms with Gasteiger partial charge in [0.1, 0.15) is 11.6 Å². The van der Waals surface area contributed by atoms with Crippen molar-refractivity contribution in [2.24, 2.45) is 0 Å². The molecule has 1 unspecified atom stereocenters. The summed E-state index contributed by atoms with van der Waals surface area (Å²) in [6.45, 7) is 1.47. The van der Waals surface area contributed by atoms with Gasteiger partial charge in [0, 0.05) is 12.7 Å². The zero-order valence-electron chi connectivity index (χ0n) is 11.0. The SMILES string of the molecule is CNC(COCCOC)c1cc(F)ccc1OC. The first-order valence-electron chi connectivity index (χ1n) is 5.80. The highest BCUT2D eigenvalue weighted by atomic mass is 19.1. The zero-order chi connectivity index (χ0) is 13.4. The van der Waals surface area contributed by atoms with Gasteiger partial charge in [0.15, 0.2) is 0 Å². The molecule has 0 saturated heterocycles. The lowest BCUT2D eigenvalue weighted by molar-refractivity contribution is 0.0592. The van der Waals surface area contributed by atoms with Crippen molar-refractivity contribution in [2.75, 3.05) is 41.1 Å². The molecule has 0 spiro atoms. The summed E-state index contributed by atoms with van der Waals surface area (Å²) in [5.41, 5.74) is 0.748. The molecule has 1 aromatic rings. The molecule has 0 bridgehead atoms. The predicted octanol–water partition coefficient (Wildman–Crippen LogP) is 1.76. The highest BCUT2D eigenvalue weighted by Crippen LogP contribution is 2.26. The molecule has 1 N–H and O–H groups in total. The predicted molar refractivity (Wildman–Crippen MR) is 67.4 cm³/mol. The van der Waals surface area contributed by atoms with Crippen LogP contribution >= 0.6 is 0 Å². The average molecular weight is 257 g/mol. The van der Waals surface area contributed by atoms with Crippen LogP contribution in [0.4, 0.5) is 4.39 Å². The summed E-state index contributed by atoms with van der Waals surface area (Å²) in [7, 11) is 4.98. The van der Waals surface area contributed by atoms with Gasteiger partial charge in [0.25, 0.3) is 0 Å². The van der Waals surface area contributed by atoms with E-state index in [1.807, 2.05) is 0 Å². The van der Waals surface area contributed by atoms with Crippen LogP contribution in [0.25, 0.3) is 0 Å². The Bertz CT molecular complexity index is 360.